The Bertz CT molecular complexity index is 1260. The second-order valence-electron chi connectivity index (χ2n) is 7.68. The van der Waals surface area contributed by atoms with Crippen molar-refractivity contribution in [2.45, 2.75) is 37.7 Å². The van der Waals surface area contributed by atoms with E-state index in [1.165, 1.54) is 35.9 Å². The van der Waals surface area contributed by atoms with Crippen LogP contribution in [0.4, 0.5) is 8.78 Å². The van der Waals surface area contributed by atoms with Crippen LogP contribution in [0.15, 0.2) is 46.3 Å². The quantitative estimate of drug-likeness (QED) is 0.224. The van der Waals surface area contributed by atoms with Crippen LogP contribution in [0, 0.1) is 17.6 Å². The van der Waals surface area contributed by atoms with Crippen LogP contribution in [0.25, 0.3) is 10.9 Å². The third-order valence-electron chi connectivity index (χ3n) is 4.74. The summed E-state index contributed by atoms with van der Waals surface area (Å²) in [7, 11) is 1.26. The molecule has 1 atom stereocenters. The van der Waals surface area contributed by atoms with Gasteiger partial charge in [0.2, 0.25) is 0 Å². The van der Waals surface area contributed by atoms with E-state index < -0.39 is 28.6 Å². The molecule has 1 aromatic heterocycles. The first-order valence-electron chi connectivity index (χ1n) is 9.91. The number of aromatic nitrogens is 2. The predicted molar refractivity (Wildman–Crippen MR) is 118 cm³/mol. The number of fused-ring (bicyclic) bond motifs is 1. The highest BCUT2D eigenvalue weighted by Gasteiger charge is 2.22. The molecule has 0 radical (unpaired) electrons. The summed E-state index contributed by atoms with van der Waals surface area (Å²) >= 11 is 1.04. The van der Waals surface area contributed by atoms with Crippen molar-refractivity contribution in [1.29, 1.82) is 0 Å². The molecule has 3 rings (SSSR count). The second-order valence-corrected chi connectivity index (χ2v) is 8.99. The van der Waals surface area contributed by atoms with Crippen LogP contribution >= 0.6 is 11.8 Å². The third-order valence-corrected chi connectivity index (χ3v) is 5.83. The summed E-state index contributed by atoms with van der Waals surface area (Å²) in [6.45, 7) is 5.87. The number of carbonyl (C=O) groups is 2. The molecule has 9 heteroatoms. The van der Waals surface area contributed by atoms with E-state index in [9.17, 15) is 23.2 Å². The Labute approximate surface area is 187 Å². The van der Waals surface area contributed by atoms with Crippen molar-refractivity contribution in [3.8, 4) is 0 Å². The molecule has 0 fully saturated rings. The second kappa shape index (κ2) is 9.60. The van der Waals surface area contributed by atoms with E-state index in [-0.39, 0.29) is 22.6 Å². The number of carbonyl (C=O) groups excluding carboxylic acids is 2. The van der Waals surface area contributed by atoms with Crippen molar-refractivity contribution < 1.29 is 23.1 Å². The van der Waals surface area contributed by atoms with Crippen LogP contribution in [-0.2, 0) is 11.3 Å². The standard InChI is InChI=1S/C23H22F2N2O4S/c1-12(2)11-27-21(29)16-7-5-15(22(30)31-4)10-19(16)26-23(27)32-13(3)20(28)14-6-8-17(24)18(25)9-14/h5-10,12-13H,11H2,1-4H3. The number of esters is 1. The highest BCUT2D eigenvalue weighted by atomic mass is 32.2. The minimum absolute atomic E-state index is 0.0235. The maximum absolute atomic E-state index is 13.6. The first kappa shape index (κ1) is 23.6. The average molecular weight is 461 g/mol. The number of thioether (sulfide) groups is 1. The summed E-state index contributed by atoms with van der Waals surface area (Å²) in [6.07, 6.45) is 0. The summed E-state index contributed by atoms with van der Waals surface area (Å²) in [6, 6.07) is 7.46. The van der Waals surface area contributed by atoms with Gasteiger partial charge >= 0.3 is 5.97 Å². The summed E-state index contributed by atoms with van der Waals surface area (Å²) in [5, 5.41) is -0.102. The Morgan fingerprint density at radius 2 is 1.75 bits per heavy atom. The third kappa shape index (κ3) is 4.88. The van der Waals surface area contributed by atoms with Gasteiger partial charge in [0.25, 0.3) is 5.56 Å². The number of benzene rings is 2. The monoisotopic (exact) mass is 460 g/mol. The molecule has 0 spiro atoms. The number of nitrogens with zero attached hydrogens (tertiary/aromatic N) is 2. The summed E-state index contributed by atoms with van der Waals surface area (Å²) in [5.41, 5.74) is 0.272. The van der Waals surface area contributed by atoms with Crippen molar-refractivity contribution in [3.05, 3.63) is 69.5 Å². The van der Waals surface area contributed by atoms with Crippen molar-refractivity contribution in [3.63, 3.8) is 0 Å². The molecule has 0 aliphatic heterocycles. The normalized spacial score (nSPS) is 12.2. The van der Waals surface area contributed by atoms with Gasteiger partial charge in [-0.25, -0.2) is 18.6 Å². The lowest BCUT2D eigenvalue weighted by molar-refractivity contribution is 0.0600. The van der Waals surface area contributed by atoms with Gasteiger partial charge in [0.1, 0.15) is 0 Å². The molecule has 6 nitrogen and oxygen atoms in total. The predicted octanol–water partition coefficient (Wildman–Crippen LogP) is 4.48. The van der Waals surface area contributed by atoms with Gasteiger partial charge in [-0.2, -0.15) is 0 Å². The van der Waals surface area contributed by atoms with Crippen molar-refractivity contribution in [2.75, 3.05) is 7.11 Å². The zero-order valence-corrected chi connectivity index (χ0v) is 18.8. The lowest BCUT2D eigenvalue weighted by Crippen LogP contribution is -2.27. The molecular formula is C23H22F2N2O4S. The Hall–Kier alpha value is -3.07. The summed E-state index contributed by atoms with van der Waals surface area (Å²) in [5.74, 6) is -3.01. The minimum atomic E-state index is -1.11. The number of hydrogen-bond acceptors (Lipinski definition) is 6. The van der Waals surface area contributed by atoms with Gasteiger partial charge in [0, 0.05) is 12.1 Å². The van der Waals surface area contributed by atoms with E-state index in [1.807, 2.05) is 13.8 Å². The van der Waals surface area contributed by atoms with E-state index in [0.717, 1.165) is 23.9 Å². The molecule has 0 bridgehead atoms. The molecule has 0 saturated carbocycles. The first-order chi connectivity index (χ1) is 15.1. The van der Waals surface area contributed by atoms with E-state index in [1.54, 1.807) is 6.92 Å². The van der Waals surface area contributed by atoms with Crippen LogP contribution < -0.4 is 5.56 Å². The topological polar surface area (TPSA) is 78.3 Å². The van der Waals surface area contributed by atoms with Crippen LogP contribution in [-0.4, -0.2) is 33.7 Å². The molecule has 168 valence electrons. The van der Waals surface area contributed by atoms with E-state index >= 15 is 0 Å². The van der Waals surface area contributed by atoms with E-state index in [0.29, 0.717) is 22.6 Å². The zero-order valence-electron chi connectivity index (χ0n) is 18.0. The largest absolute Gasteiger partial charge is 0.465 e. The Balaban J connectivity index is 2.05. The molecule has 32 heavy (non-hydrogen) atoms. The van der Waals surface area contributed by atoms with E-state index in [2.05, 4.69) is 4.98 Å². The van der Waals surface area contributed by atoms with Gasteiger partial charge in [0.15, 0.2) is 22.6 Å². The van der Waals surface area contributed by atoms with Crippen molar-refractivity contribution in [2.24, 2.45) is 5.92 Å². The van der Waals surface area contributed by atoms with Gasteiger partial charge in [-0.15, -0.1) is 0 Å². The molecule has 0 aliphatic carbocycles. The average Bonchev–Trinajstić information content (AvgIpc) is 2.76. The molecule has 0 saturated heterocycles. The highest BCUT2D eigenvalue weighted by Crippen LogP contribution is 2.26. The van der Waals surface area contributed by atoms with Gasteiger partial charge in [-0.05, 0) is 49.2 Å². The molecular weight excluding hydrogens is 438 g/mol. The molecule has 0 amide bonds. The van der Waals surface area contributed by atoms with Crippen molar-refractivity contribution >= 4 is 34.4 Å². The lowest BCUT2D eigenvalue weighted by atomic mass is 10.1. The number of rotatable bonds is 7. The first-order valence-corrected chi connectivity index (χ1v) is 10.8. The van der Waals surface area contributed by atoms with Gasteiger partial charge in [-0.1, -0.05) is 25.6 Å². The molecule has 0 aliphatic rings. The maximum atomic E-state index is 13.6. The fourth-order valence-corrected chi connectivity index (χ4v) is 4.15. The Kier molecular flexibility index (Phi) is 7.08. The minimum Gasteiger partial charge on any atom is -0.465 e. The van der Waals surface area contributed by atoms with Crippen LogP contribution in [0.3, 0.4) is 0 Å². The number of halogens is 2. The summed E-state index contributed by atoms with van der Waals surface area (Å²) < 4.78 is 33.0. The smallest absolute Gasteiger partial charge is 0.337 e. The van der Waals surface area contributed by atoms with Crippen LogP contribution in [0.5, 0.6) is 0 Å². The number of methoxy groups -OCH3 is 1. The molecule has 1 unspecified atom stereocenters. The molecule has 3 aromatic rings. The van der Waals surface area contributed by atoms with Gasteiger partial charge in [-0.3, -0.25) is 14.2 Å². The Morgan fingerprint density at radius 1 is 1.06 bits per heavy atom. The Morgan fingerprint density at radius 3 is 2.38 bits per heavy atom. The zero-order chi connectivity index (χ0) is 23.6. The SMILES string of the molecule is COC(=O)c1ccc2c(=O)n(CC(C)C)c(SC(C)C(=O)c3ccc(F)c(F)c3)nc2c1. The number of hydrogen-bond donors (Lipinski definition) is 0. The van der Waals surface area contributed by atoms with Crippen molar-refractivity contribution in [1.82, 2.24) is 9.55 Å². The highest BCUT2D eigenvalue weighted by molar-refractivity contribution is 8.00. The number of ether oxygens (including phenoxy) is 1. The van der Waals surface area contributed by atoms with Gasteiger partial charge in [0.05, 0.1) is 28.8 Å². The van der Waals surface area contributed by atoms with Gasteiger partial charge < -0.3 is 4.74 Å². The van der Waals surface area contributed by atoms with E-state index in [4.69, 9.17) is 4.74 Å². The summed E-state index contributed by atoms with van der Waals surface area (Å²) in [4.78, 5) is 42.4. The number of ketones is 1. The van der Waals surface area contributed by atoms with Crippen LogP contribution in [0.1, 0.15) is 41.5 Å². The maximum Gasteiger partial charge on any atom is 0.337 e. The fraction of sp³-hybridized carbons (Fsp3) is 0.304. The molecule has 2 aromatic carbocycles. The lowest BCUT2D eigenvalue weighted by Gasteiger charge is -2.17. The fourth-order valence-electron chi connectivity index (χ4n) is 3.16. The molecule has 0 N–H and O–H groups in total. The van der Waals surface area contributed by atoms with Crippen LogP contribution in [0.2, 0.25) is 0 Å². The number of Topliss-reactive ketones (excluding diaryl/α,β-unsaturated/α-hetero) is 1. The molecule has 1 heterocycles.